The first-order valence-electron chi connectivity index (χ1n) is 5.12. The molecule has 2 rings (SSSR count). The van der Waals surface area contributed by atoms with E-state index in [1.807, 2.05) is 0 Å². The molecule has 0 unspecified atom stereocenters. The summed E-state index contributed by atoms with van der Waals surface area (Å²) in [4.78, 5) is 14.5. The number of nitro benzene ring substituents is 1. The van der Waals surface area contributed by atoms with Gasteiger partial charge in [0.25, 0.3) is 0 Å². The molecule has 0 aliphatic carbocycles. The number of rotatable bonds is 3. The summed E-state index contributed by atoms with van der Waals surface area (Å²) in [6.45, 7) is 1.79. The molecule has 0 amide bonds. The summed E-state index contributed by atoms with van der Waals surface area (Å²) in [5.74, 6) is 0.479. The lowest BCUT2D eigenvalue weighted by atomic mass is 10.2. The van der Waals surface area contributed by atoms with Crippen LogP contribution in [0.4, 0.5) is 5.69 Å². The van der Waals surface area contributed by atoms with E-state index in [0.29, 0.717) is 10.5 Å². The minimum absolute atomic E-state index is 0.0724. The summed E-state index contributed by atoms with van der Waals surface area (Å²) >= 11 is 3.21. The van der Waals surface area contributed by atoms with E-state index in [4.69, 9.17) is 4.74 Å². The predicted molar refractivity (Wildman–Crippen MR) is 69.8 cm³/mol. The fourth-order valence-corrected chi connectivity index (χ4v) is 1.74. The minimum atomic E-state index is -0.472. The molecular weight excluding hydrogens is 300 g/mol. The highest BCUT2D eigenvalue weighted by Gasteiger charge is 2.16. The molecule has 92 valence electrons. The molecule has 6 heteroatoms. The lowest BCUT2D eigenvalue weighted by molar-refractivity contribution is -0.385. The highest BCUT2D eigenvalue weighted by atomic mass is 79.9. The molecule has 0 radical (unpaired) electrons. The Morgan fingerprint density at radius 2 is 2.11 bits per heavy atom. The van der Waals surface area contributed by atoms with Crippen molar-refractivity contribution in [2.24, 2.45) is 0 Å². The second-order valence-corrected chi connectivity index (χ2v) is 4.44. The van der Waals surface area contributed by atoms with Gasteiger partial charge in [-0.05, 0) is 40.5 Å². The molecule has 0 aliphatic heterocycles. The Hall–Kier alpha value is -1.95. The molecule has 18 heavy (non-hydrogen) atoms. The first-order chi connectivity index (χ1) is 8.56. The average molecular weight is 309 g/mol. The fraction of sp³-hybridized carbons (Fsp3) is 0.0833. The van der Waals surface area contributed by atoms with Crippen LogP contribution in [0, 0.1) is 17.0 Å². The van der Waals surface area contributed by atoms with Gasteiger partial charge >= 0.3 is 5.69 Å². The molecule has 0 bridgehead atoms. The van der Waals surface area contributed by atoms with E-state index in [1.54, 1.807) is 37.3 Å². The molecule has 2 aromatic rings. The Kier molecular flexibility index (Phi) is 3.57. The van der Waals surface area contributed by atoms with Crippen LogP contribution in [0.2, 0.25) is 0 Å². The lowest BCUT2D eigenvalue weighted by Gasteiger charge is -2.06. The van der Waals surface area contributed by atoms with Crippen LogP contribution in [-0.2, 0) is 0 Å². The predicted octanol–water partition coefficient (Wildman–Crippen LogP) is 3.85. The van der Waals surface area contributed by atoms with Crippen molar-refractivity contribution < 1.29 is 9.66 Å². The van der Waals surface area contributed by atoms with Crippen molar-refractivity contribution in [1.29, 1.82) is 0 Å². The van der Waals surface area contributed by atoms with E-state index in [2.05, 4.69) is 20.9 Å². The smallest absolute Gasteiger partial charge is 0.311 e. The minimum Gasteiger partial charge on any atom is -0.432 e. The number of aromatic nitrogens is 1. The van der Waals surface area contributed by atoms with E-state index >= 15 is 0 Å². The SMILES string of the molecule is Cc1ccc(Oc2cccc(Br)n2)c([N+](=O)[O-])c1. The first-order valence-corrected chi connectivity index (χ1v) is 5.91. The zero-order chi connectivity index (χ0) is 13.1. The van der Waals surface area contributed by atoms with Gasteiger partial charge in [-0.3, -0.25) is 10.1 Å². The Bertz CT molecular complexity index is 602. The number of nitrogens with zero attached hydrogens (tertiary/aromatic N) is 2. The van der Waals surface area contributed by atoms with Gasteiger partial charge in [-0.2, -0.15) is 0 Å². The summed E-state index contributed by atoms with van der Waals surface area (Å²) in [6, 6.07) is 9.90. The highest BCUT2D eigenvalue weighted by Crippen LogP contribution is 2.31. The van der Waals surface area contributed by atoms with Crippen molar-refractivity contribution in [1.82, 2.24) is 4.98 Å². The van der Waals surface area contributed by atoms with Gasteiger partial charge in [0.2, 0.25) is 11.6 Å². The third kappa shape index (κ3) is 2.84. The number of ether oxygens (including phenoxy) is 1. The van der Waals surface area contributed by atoms with Gasteiger partial charge in [-0.15, -0.1) is 0 Å². The number of pyridine rings is 1. The van der Waals surface area contributed by atoms with Crippen molar-refractivity contribution in [3.63, 3.8) is 0 Å². The van der Waals surface area contributed by atoms with E-state index in [-0.39, 0.29) is 11.4 Å². The third-order valence-corrected chi connectivity index (χ3v) is 2.66. The van der Waals surface area contributed by atoms with Crippen molar-refractivity contribution in [3.8, 4) is 11.6 Å². The lowest BCUT2D eigenvalue weighted by Crippen LogP contribution is -1.95. The van der Waals surface area contributed by atoms with E-state index in [9.17, 15) is 10.1 Å². The van der Waals surface area contributed by atoms with Crippen molar-refractivity contribution in [3.05, 3.63) is 56.7 Å². The van der Waals surface area contributed by atoms with E-state index in [1.165, 1.54) is 6.07 Å². The molecule has 1 heterocycles. The number of aryl methyl sites for hydroxylation is 1. The highest BCUT2D eigenvalue weighted by molar-refractivity contribution is 9.10. The zero-order valence-corrected chi connectivity index (χ0v) is 11.0. The molecule has 0 spiro atoms. The number of hydrogen-bond acceptors (Lipinski definition) is 4. The maximum Gasteiger partial charge on any atom is 0.311 e. The van der Waals surface area contributed by atoms with Crippen molar-refractivity contribution in [2.75, 3.05) is 0 Å². The van der Waals surface area contributed by atoms with Gasteiger partial charge < -0.3 is 4.74 Å². The molecule has 1 aromatic heterocycles. The molecule has 0 N–H and O–H groups in total. The van der Waals surface area contributed by atoms with Gasteiger partial charge in [-0.25, -0.2) is 4.98 Å². The van der Waals surface area contributed by atoms with Gasteiger partial charge in [0.1, 0.15) is 4.60 Å². The molecular formula is C12H9BrN2O3. The van der Waals surface area contributed by atoms with Gasteiger partial charge in [0, 0.05) is 12.1 Å². The number of halogens is 1. The van der Waals surface area contributed by atoms with Crippen molar-refractivity contribution in [2.45, 2.75) is 6.92 Å². The largest absolute Gasteiger partial charge is 0.432 e. The van der Waals surface area contributed by atoms with Crippen LogP contribution in [0.15, 0.2) is 41.0 Å². The first kappa shape index (κ1) is 12.5. The number of nitro groups is 1. The summed E-state index contributed by atoms with van der Waals surface area (Å²) < 4.78 is 6.03. The van der Waals surface area contributed by atoms with Crippen LogP contribution in [0.3, 0.4) is 0 Å². The van der Waals surface area contributed by atoms with Crippen LogP contribution >= 0.6 is 15.9 Å². The molecule has 0 fully saturated rings. The van der Waals surface area contributed by atoms with Gasteiger partial charge in [0.05, 0.1) is 4.92 Å². The van der Waals surface area contributed by atoms with Crippen LogP contribution in [0.1, 0.15) is 5.56 Å². The molecule has 0 aliphatic rings. The Morgan fingerprint density at radius 3 is 2.78 bits per heavy atom. The monoisotopic (exact) mass is 308 g/mol. The number of benzene rings is 1. The Labute approximate surface area is 112 Å². The molecule has 1 aromatic carbocycles. The Balaban J connectivity index is 2.37. The molecule has 0 atom stereocenters. The Morgan fingerprint density at radius 1 is 1.33 bits per heavy atom. The molecule has 0 saturated heterocycles. The topological polar surface area (TPSA) is 65.3 Å². The molecule has 0 saturated carbocycles. The van der Waals surface area contributed by atoms with Crippen molar-refractivity contribution >= 4 is 21.6 Å². The second-order valence-electron chi connectivity index (χ2n) is 3.63. The standard InChI is InChI=1S/C12H9BrN2O3/c1-8-5-6-10(9(7-8)15(16)17)18-12-4-2-3-11(13)14-12/h2-7H,1H3. The van der Waals surface area contributed by atoms with Crippen LogP contribution in [-0.4, -0.2) is 9.91 Å². The third-order valence-electron chi connectivity index (χ3n) is 2.22. The summed E-state index contributed by atoms with van der Waals surface area (Å²) in [6.07, 6.45) is 0. The van der Waals surface area contributed by atoms with E-state index < -0.39 is 4.92 Å². The summed E-state index contributed by atoms with van der Waals surface area (Å²) in [5.41, 5.74) is 0.730. The summed E-state index contributed by atoms with van der Waals surface area (Å²) in [5, 5.41) is 10.9. The van der Waals surface area contributed by atoms with Crippen LogP contribution in [0.25, 0.3) is 0 Å². The normalized spacial score (nSPS) is 10.1. The second kappa shape index (κ2) is 5.14. The zero-order valence-electron chi connectivity index (χ0n) is 9.46. The van der Waals surface area contributed by atoms with E-state index in [0.717, 1.165) is 5.56 Å². The average Bonchev–Trinajstić information content (AvgIpc) is 2.31. The summed E-state index contributed by atoms with van der Waals surface area (Å²) in [7, 11) is 0. The fourth-order valence-electron chi connectivity index (χ4n) is 1.42. The quantitative estimate of drug-likeness (QED) is 0.490. The van der Waals surface area contributed by atoms with Gasteiger partial charge in [-0.1, -0.05) is 12.1 Å². The molecule has 5 nitrogen and oxygen atoms in total. The maximum absolute atomic E-state index is 10.9. The number of hydrogen-bond donors (Lipinski definition) is 0. The van der Waals surface area contributed by atoms with Crippen LogP contribution in [0.5, 0.6) is 11.6 Å². The van der Waals surface area contributed by atoms with Crippen LogP contribution < -0.4 is 4.74 Å². The maximum atomic E-state index is 10.9. The van der Waals surface area contributed by atoms with Gasteiger partial charge in [0.15, 0.2) is 0 Å².